The molecule has 112 valence electrons. The molecule has 3 aromatic rings. The summed E-state index contributed by atoms with van der Waals surface area (Å²) in [6.45, 7) is 0. The molecule has 0 unspecified atom stereocenters. The molecule has 1 aromatic heterocycles. The van der Waals surface area contributed by atoms with Crippen molar-refractivity contribution in [1.82, 2.24) is 10.1 Å². The molecule has 2 aromatic carbocycles. The molecule has 0 bridgehead atoms. The first-order valence-corrected chi connectivity index (χ1v) is 7.59. The Morgan fingerprint density at radius 3 is 2.86 bits per heavy atom. The van der Waals surface area contributed by atoms with Crippen LogP contribution < -0.4 is 4.74 Å². The van der Waals surface area contributed by atoms with E-state index in [1.54, 1.807) is 25.3 Å². The van der Waals surface area contributed by atoms with Gasteiger partial charge in [-0.15, -0.1) is 11.8 Å². The second kappa shape index (κ2) is 6.62. The van der Waals surface area contributed by atoms with Crippen LogP contribution in [0.5, 0.6) is 5.75 Å². The summed E-state index contributed by atoms with van der Waals surface area (Å²) in [7, 11) is 1.60. The third-order valence-corrected chi connectivity index (χ3v) is 4.02. The van der Waals surface area contributed by atoms with Crippen LogP contribution in [0.2, 0.25) is 0 Å². The number of thioether (sulfide) groups is 1. The molecule has 22 heavy (non-hydrogen) atoms. The molecule has 0 saturated heterocycles. The summed E-state index contributed by atoms with van der Waals surface area (Å²) in [6.07, 6.45) is 0. The van der Waals surface area contributed by atoms with Crippen LogP contribution in [0.1, 0.15) is 5.89 Å². The number of rotatable bonds is 5. The zero-order valence-corrected chi connectivity index (χ0v) is 12.6. The first kappa shape index (κ1) is 14.6. The maximum Gasteiger partial charge on any atom is 0.237 e. The van der Waals surface area contributed by atoms with Gasteiger partial charge in [-0.3, -0.25) is 0 Å². The van der Waals surface area contributed by atoms with Crippen molar-refractivity contribution in [1.29, 1.82) is 0 Å². The molecule has 3 rings (SSSR count). The first-order valence-electron chi connectivity index (χ1n) is 6.60. The lowest BCUT2D eigenvalue weighted by molar-refractivity contribution is 0.391. The lowest BCUT2D eigenvalue weighted by Crippen LogP contribution is -1.86. The first-order chi connectivity index (χ1) is 10.8. The fourth-order valence-electron chi connectivity index (χ4n) is 1.89. The number of halogens is 1. The lowest BCUT2D eigenvalue weighted by Gasteiger charge is -2.00. The van der Waals surface area contributed by atoms with Crippen LogP contribution in [0.3, 0.4) is 0 Å². The van der Waals surface area contributed by atoms with Crippen molar-refractivity contribution < 1.29 is 13.7 Å². The van der Waals surface area contributed by atoms with E-state index in [4.69, 9.17) is 9.26 Å². The number of ether oxygens (including phenoxy) is 1. The minimum atomic E-state index is -0.250. The standard InChI is InChI=1S/C16H13FN2O2S/c1-20-12-6-4-5-11(9-12)16-18-15(21-19-16)10-22-14-8-3-2-7-13(14)17/h2-9H,10H2,1H3. The van der Waals surface area contributed by atoms with Crippen molar-refractivity contribution in [2.45, 2.75) is 10.6 Å². The number of hydrogen-bond donors (Lipinski definition) is 0. The molecule has 0 spiro atoms. The Labute approximate surface area is 131 Å². The van der Waals surface area contributed by atoms with Gasteiger partial charge in [-0.2, -0.15) is 4.98 Å². The average molecular weight is 316 g/mol. The largest absolute Gasteiger partial charge is 0.497 e. The molecule has 1 heterocycles. The highest BCUT2D eigenvalue weighted by atomic mass is 32.2. The van der Waals surface area contributed by atoms with Gasteiger partial charge in [0.15, 0.2) is 0 Å². The van der Waals surface area contributed by atoms with Gasteiger partial charge in [0.05, 0.1) is 12.9 Å². The van der Waals surface area contributed by atoms with E-state index in [2.05, 4.69) is 10.1 Å². The van der Waals surface area contributed by atoms with E-state index < -0.39 is 0 Å². The van der Waals surface area contributed by atoms with Gasteiger partial charge in [0, 0.05) is 10.5 Å². The molecule has 0 amide bonds. The van der Waals surface area contributed by atoms with Crippen molar-refractivity contribution in [3.05, 3.63) is 60.2 Å². The quantitative estimate of drug-likeness (QED) is 0.661. The molecular weight excluding hydrogens is 303 g/mol. The number of aromatic nitrogens is 2. The van der Waals surface area contributed by atoms with E-state index in [0.29, 0.717) is 22.4 Å². The summed E-state index contributed by atoms with van der Waals surface area (Å²) in [4.78, 5) is 4.88. The summed E-state index contributed by atoms with van der Waals surface area (Å²) in [5.41, 5.74) is 0.810. The summed E-state index contributed by atoms with van der Waals surface area (Å²) in [5, 5.41) is 3.95. The zero-order valence-electron chi connectivity index (χ0n) is 11.8. The van der Waals surface area contributed by atoms with Crippen LogP contribution in [-0.2, 0) is 5.75 Å². The van der Waals surface area contributed by atoms with Crippen LogP contribution in [0, 0.1) is 5.82 Å². The molecule has 0 fully saturated rings. The van der Waals surface area contributed by atoms with Crippen molar-refractivity contribution in [3.63, 3.8) is 0 Å². The zero-order chi connectivity index (χ0) is 15.4. The SMILES string of the molecule is COc1cccc(-c2noc(CSc3ccccc3F)n2)c1. The highest BCUT2D eigenvalue weighted by molar-refractivity contribution is 7.98. The van der Waals surface area contributed by atoms with Crippen molar-refractivity contribution in [3.8, 4) is 17.1 Å². The van der Waals surface area contributed by atoms with E-state index >= 15 is 0 Å². The summed E-state index contributed by atoms with van der Waals surface area (Å²) in [5.74, 6) is 1.83. The van der Waals surface area contributed by atoms with Crippen LogP contribution in [0.4, 0.5) is 4.39 Å². The van der Waals surface area contributed by atoms with Gasteiger partial charge in [0.2, 0.25) is 11.7 Å². The predicted molar refractivity (Wildman–Crippen MR) is 82.2 cm³/mol. The fourth-order valence-corrected chi connectivity index (χ4v) is 2.67. The molecule has 0 N–H and O–H groups in total. The van der Waals surface area contributed by atoms with Gasteiger partial charge in [-0.1, -0.05) is 29.4 Å². The van der Waals surface area contributed by atoms with Crippen LogP contribution in [-0.4, -0.2) is 17.3 Å². The molecule has 0 aliphatic heterocycles. The Morgan fingerprint density at radius 2 is 2.05 bits per heavy atom. The molecular formula is C16H13FN2O2S. The monoisotopic (exact) mass is 316 g/mol. The molecule has 6 heteroatoms. The van der Waals surface area contributed by atoms with Crippen molar-refractivity contribution in [2.24, 2.45) is 0 Å². The van der Waals surface area contributed by atoms with Crippen LogP contribution >= 0.6 is 11.8 Å². The summed E-state index contributed by atoms with van der Waals surface area (Å²) < 4.78 is 23.9. The smallest absolute Gasteiger partial charge is 0.237 e. The van der Waals surface area contributed by atoms with E-state index in [1.807, 2.05) is 24.3 Å². The summed E-state index contributed by atoms with van der Waals surface area (Å²) >= 11 is 1.32. The topological polar surface area (TPSA) is 48.2 Å². The Hall–Kier alpha value is -2.34. The maximum atomic E-state index is 13.5. The maximum absolute atomic E-state index is 13.5. The lowest BCUT2D eigenvalue weighted by atomic mass is 10.2. The minimum absolute atomic E-state index is 0.250. The number of benzene rings is 2. The van der Waals surface area contributed by atoms with Gasteiger partial charge >= 0.3 is 0 Å². The van der Waals surface area contributed by atoms with Crippen molar-refractivity contribution >= 4 is 11.8 Å². The highest BCUT2D eigenvalue weighted by Crippen LogP contribution is 2.26. The Morgan fingerprint density at radius 1 is 1.18 bits per heavy atom. The average Bonchev–Trinajstić information content (AvgIpc) is 3.03. The second-order valence-electron chi connectivity index (χ2n) is 4.46. The van der Waals surface area contributed by atoms with Gasteiger partial charge < -0.3 is 9.26 Å². The third-order valence-electron chi connectivity index (χ3n) is 2.98. The van der Waals surface area contributed by atoms with Gasteiger partial charge in [0.25, 0.3) is 0 Å². The van der Waals surface area contributed by atoms with Gasteiger partial charge in [-0.05, 0) is 24.3 Å². The van der Waals surface area contributed by atoms with Crippen molar-refractivity contribution in [2.75, 3.05) is 7.11 Å². The van der Waals surface area contributed by atoms with Gasteiger partial charge in [0.1, 0.15) is 11.6 Å². The molecule has 0 aliphatic rings. The molecule has 0 saturated carbocycles. The highest BCUT2D eigenvalue weighted by Gasteiger charge is 2.11. The summed E-state index contributed by atoms with van der Waals surface area (Å²) in [6, 6.07) is 14.0. The predicted octanol–water partition coefficient (Wildman–Crippen LogP) is 4.18. The van der Waals surface area contributed by atoms with Crippen LogP contribution in [0.15, 0.2) is 57.9 Å². The Bertz CT molecular complexity index is 776. The van der Waals surface area contributed by atoms with E-state index in [9.17, 15) is 4.39 Å². The molecule has 0 aliphatic carbocycles. The third kappa shape index (κ3) is 3.28. The Balaban J connectivity index is 1.72. The van der Waals surface area contributed by atoms with Gasteiger partial charge in [-0.25, -0.2) is 4.39 Å². The van der Waals surface area contributed by atoms with E-state index in [0.717, 1.165) is 11.3 Å². The second-order valence-corrected chi connectivity index (χ2v) is 5.48. The van der Waals surface area contributed by atoms with E-state index in [1.165, 1.54) is 17.8 Å². The molecule has 0 atom stereocenters. The number of nitrogens with zero attached hydrogens (tertiary/aromatic N) is 2. The fraction of sp³-hybridized carbons (Fsp3) is 0.125. The molecule has 0 radical (unpaired) electrons. The number of methoxy groups -OCH3 is 1. The Kier molecular flexibility index (Phi) is 4.39. The van der Waals surface area contributed by atoms with E-state index in [-0.39, 0.29) is 5.82 Å². The van der Waals surface area contributed by atoms with Crippen LogP contribution in [0.25, 0.3) is 11.4 Å². The molecule has 4 nitrogen and oxygen atoms in total. The number of hydrogen-bond acceptors (Lipinski definition) is 5. The normalized spacial score (nSPS) is 10.6. The minimum Gasteiger partial charge on any atom is -0.497 e.